The van der Waals surface area contributed by atoms with Gasteiger partial charge in [0.2, 0.25) is 0 Å². The second-order valence-corrected chi connectivity index (χ2v) is 5.45. The number of ketones is 1. The van der Waals surface area contributed by atoms with Gasteiger partial charge in [-0.05, 0) is 36.1 Å². The van der Waals surface area contributed by atoms with Crippen molar-refractivity contribution in [2.75, 3.05) is 6.61 Å². The van der Waals surface area contributed by atoms with Crippen LogP contribution in [-0.2, 0) is 16.0 Å². The minimum atomic E-state index is -0.711. The van der Waals surface area contributed by atoms with Crippen LogP contribution < -0.4 is 0 Å². The van der Waals surface area contributed by atoms with Crippen molar-refractivity contribution >= 4 is 11.8 Å². The maximum absolute atomic E-state index is 12.2. The van der Waals surface area contributed by atoms with E-state index in [9.17, 15) is 14.7 Å². The maximum atomic E-state index is 12.2. The minimum Gasteiger partial charge on any atom is -0.466 e. The summed E-state index contributed by atoms with van der Waals surface area (Å²) in [5, 5.41) is 10.1. The highest BCUT2D eigenvalue weighted by molar-refractivity contribution is 6.04. The second kappa shape index (κ2) is 5.37. The van der Waals surface area contributed by atoms with Crippen molar-refractivity contribution in [3.05, 3.63) is 33.9 Å². The van der Waals surface area contributed by atoms with Crippen LogP contribution in [0.5, 0.6) is 0 Å². The lowest BCUT2D eigenvalue weighted by Gasteiger charge is -2.15. The smallest absolute Gasteiger partial charge is 0.302 e. The number of benzene rings is 1. The number of hydrogen-bond acceptors (Lipinski definition) is 4. The number of carbonyl (C=O) groups excluding carboxylic acids is 2. The Morgan fingerprint density at radius 1 is 1.40 bits per heavy atom. The molecule has 1 N–H and O–H groups in total. The standard InChI is InChI=1S/C16H20O4/c1-8-7-13-14(16(19)10(3)15(13)18)9(2)12(8)5-6-20-11(4)17/h7,10,15,18H,5-6H2,1-4H3/t10-,15-/m1/s1. The number of ether oxygens (including phenoxy) is 1. The van der Waals surface area contributed by atoms with Crippen molar-refractivity contribution in [1.82, 2.24) is 0 Å². The van der Waals surface area contributed by atoms with E-state index in [4.69, 9.17) is 4.74 Å². The molecule has 0 bridgehead atoms. The Labute approximate surface area is 118 Å². The zero-order valence-electron chi connectivity index (χ0n) is 12.3. The first-order valence-corrected chi connectivity index (χ1v) is 6.83. The number of rotatable bonds is 3. The number of aliphatic hydroxyl groups excluding tert-OH is 1. The van der Waals surface area contributed by atoms with Gasteiger partial charge in [-0.3, -0.25) is 9.59 Å². The molecule has 0 heterocycles. The molecular formula is C16H20O4. The fourth-order valence-corrected chi connectivity index (χ4v) is 2.94. The Bertz CT molecular complexity index is 574. The van der Waals surface area contributed by atoms with Crippen LogP contribution >= 0.6 is 0 Å². The molecule has 108 valence electrons. The summed E-state index contributed by atoms with van der Waals surface area (Å²) in [6.07, 6.45) is -0.125. The van der Waals surface area contributed by atoms with Gasteiger partial charge in [0, 0.05) is 24.8 Å². The van der Waals surface area contributed by atoms with Gasteiger partial charge in [-0.2, -0.15) is 0 Å². The lowest BCUT2D eigenvalue weighted by Crippen LogP contribution is -2.10. The van der Waals surface area contributed by atoms with Crippen molar-refractivity contribution in [3.63, 3.8) is 0 Å². The van der Waals surface area contributed by atoms with E-state index >= 15 is 0 Å². The molecule has 1 aromatic rings. The summed E-state index contributed by atoms with van der Waals surface area (Å²) in [7, 11) is 0. The molecule has 2 rings (SSSR count). The molecule has 1 aliphatic rings. The van der Waals surface area contributed by atoms with Crippen LogP contribution in [0.15, 0.2) is 6.07 Å². The molecule has 0 aromatic heterocycles. The summed E-state index contributed by atoms with van der Waals surface area (Å²) in [6.45, 7) is 7.29. The largest absolute Gasteiger partial charge is 0.466 e. The number of aryl methyl sites for hydroxylation is 1. The van der Waals surface area contributed by atoms with E-state index in [1.165, 1.54) is 6.92 Å². The molecule has 20 heavy (non-hydrogen) atoms. The highest BCUT2D eigenvalue weighted by atomic mass is 16.5. The molecule has 4 nitrogen and oxygen atoms in total. The summed E-state index contributed by atoms with van der Waals surface area (Å²) in [4.78, 5) is 23.0. The molecule has 0 saturated heterocycles. The van der Waals surface area contributed by atoms with Crippen molar-refractivity contribution in [2.24, 2.45) is 5.92 Å². The lowest BCUT2D eigenvalue weighted by atomic mass is 9.92. The number of fused-ring (bicyclic) bond motifs is 1. The van der Waals surface area contributed by atoms with Gasteiger partial charge in [0.15, 0.2) is 5.78 Å². The average Bonchev–Trinajstić information content (AvgIpc) is 2.58. The van der Waals surface area contributed by atoms with Gasteiger partial charge in [0.05, 0.1) is 12.7 Å². The zero-order chi connectivity index (χ0) is 15.0. The van der Waals surface area contributed by atoms with E-state index in [2.05, 4.69) is 0 Å². The maximum Gasteiger partial charge on any atom is 0.302 e. The molecule has 1 aliphatic carbocycles. The number of hydrogen-bond donors (Lipinski definition) is 1. The van der Waals surface area contributed by atoms with E-state index in [0.717, 1.165) is 22.3 Å². The Hall–Kier alpha value is -1.68. The van der Waals surface area contributed by atoms with Crippen LogP contribution in [0.4, 0.5) is 0 Å². The molecule has 0 amide bonds. The van der Waals surface area contributed by atoms with Crippen molar-refractivity contribution < 1.29 is 19.4 Å². The number of carbonyl (C=O) groups is 2. The van der Waals surface area contributed by atoms with E-state index in [1.54, 1.807) is 6.92 Å². The first kappa shape index (κ1) is 14.7. The highest BCUT2D eigenvalue weighted by Crippen LogP contribution is 2.39. The van der Waals surface area contributed by atoms with E-state index in [0.29, 0.717) is 18.6 Å². The van der Waals surface area contributed by atoms with Gasteiger partial charge in [-0.25, -0.2) is 0 Å². The van der Waals surface area contributed by atoms with Gasteiger partial charge in [-0.1, -0.05) is 13.0 Å². The monoisotopic (exact) mass is 276 g/mol. The van der Waals surface area contributed by atoms with Crippen molar-refractivity contribution in [2.45, 2.75) is 40.2 Å². The molecular weight excluding hydrogens is 256 g/mol. The molecule has 0 radical (unpaired) electrons. The second-order valence-electron chi connectivity index (χ2n) is 5.45. The van der Waals surface area contributed by atoms with Gasteiger partial charge in [0.1, 0.15) is 0 Å². The lowest BCUT2D eigenvalue weighted by molar-refractivity contribution is -0.140. The zero-order valence-corrected chi connectivity index (χ0v) is 12.3. The summed E-state index contributed by atoms with van der Waals surface area (Å²) < 4.78 is 4.97. The number of esters is 1. The van der Waals surface area contributed by atoms with Crippen molar-refractivity contribution in [1.29, 1.82) is 0 Å². The summed E-state index contributed by atoms with van der Waals surface area (Å²) >= 11 is 0. The predicted molar refractivity (Wildman–Crippen MR) is 74.7 cm³/mol. The van der Waals surface area contributed by atoms with E-state index in [-0.39, 0.29) is 17.7 Å². The summed E-state index contributed by atoms with van der Waals surface area (Å²) in [5.41, 5.74) is 4.33. The topological polar surface area (TPSA) is 63.6 Å². The van der Waals surface area contributed by atoms with Gasteiger partial charge < -0.3 is 9.84 Å². The third-order valence-corrected chi connectivity index (χ3v) is 4.07. The van der Waals surface area contributed by atoms with Gasteiger partial charge in [0.25, 0.3) is 0 Å². The molecule has 0 fully saturated rings. The Balaban J connectivity index is 2.37. The van der Waals surface area contributed by atoms with E-state index < -0.39 is 6.10 Å². The first-order chi connectivity index (χ1) is 9.34. The van der Waals surface area contributed by atoms with Crippen LogP contribution in [0.2, 0.25) is 0 Å². The summed E-state index contributed by atoms with van der Waals surface area (Å²) in [5.74, 6) is -0.688. The Kier molecular flexibility index (Phi) is 3.95. The number of Topliss-reactive ketones (excluding diaryl/α,β-unsaturated/α-hetero) is 1. The molecule has 0 spiro atoms. The minimum absolute atomic E-state index is 0.00117. The van der Waals surface area contributed by atoms with Crippen LogP contribution in [-0.4, -0.2) is 23.5 Å². The molecule has 4 heteroatoms. The fourth-order valence-electron chi connectivity index (χ4n) is 2.94. The highest BCUT2D eigenvalue weighted by Gasteiger charge is 2.37. The molecule has 1 aromatic carbocycles. The van der Waals surface area contributed by atoms with Crippen LogP contribution in [0.3, 0.4) is 0 Å². The predicted octanol–water partition coefficient (Wildman–Crippen LogP) is 2.27. The quantitative estimate of drug-likeness (QED) is 0.860. The molecule has 0 aliphatic heterocycles. The SMILES string of the molecule is CC(=O)OCCc1c(C)cc2c(c1C)C(=O)[C@H](C)[C@H]2O. The third kappa shape index (κ3) is 2.36. The molecule has 0 saturated carbocycles. The fraction of sp³-hybridized carbons (Fsp3) is 0.500. The molecule has 0 unspecified atom stereocenters. The Morgan fingerprint density at radius 2 is 2.05 bits per heavy atom. The summed E-state index contributed by atoms with van der Waals surface area (Å²) in [6, 6.07) is 1.89. The molecule has 2 atom stereocenters. The van der Waals surface area contributed by atoms with Crippen LogP contribution in [0.25, 0.3) is 0 Å². The first-order valence-electron chi connectivity index (χ1n) is 6.83. The number of aliphatic hydroxyl groups is 1. The van der Waals surface area contributed by atoms with E-state index in [1.807, 2.05) is 19.9 Å². The Morgan fingerprint density at radius 3 is 2.65 bits per heavy atom. The average molecular weight is 276 g/mol. The van der Waals surface area contributed by atoms with Crippen molar-refractivity contribution in [3.8, 4) is 0 Å². The van der Waals surface area contributed by atoms with Gasteiger partial charge in [-0.15, -0.1) is 0 Å². The third-order valence-electron chi connectivity index (χ3n) is 4.07. The normalized spacial score (nSPS) is 20.9. The van der Waals surface area contributed by atoms with Crippen LogP contribution in [0.1, 0.15) is 52.6 Å². The van der Waals surface area contributed by atoms with Gasteiger partial charge >= 0.3 is 5.97 Å². The van der Waals surface area contributed by atoms with Crippen LogP contribution in [0, 0.1) is 19.8 Å².